The summed E-state index contributed by atoms with van der Waals surface area (Å²) >= 11 is 11.7. The van der Waals surface area contributed by atoms with E-state index < -0.39 is 144 Å². The highest BCUT2D eigenvalue weighted by Crippen LogP contribution is 2.73. The molecular formula is C93H54O32S12-6. The highest BCUT2D eigenvalue weighted by molar-refractivity contribution is 8.24. The maximum atomic E-state index is 12.8. The van der Waals surface area contributed by atoms with Crippen LogP contribution in [0.25, 0.3) is 0 Å². The summed E-state index contributed by atoms with van der Waals surface area (Å²) < 4.78 is 63.2. The highest BCUT2D eigenvalue weighted by Gasteiger charge is 2.58. The summed E-state index contributed by atoms with van der Waals surface area (Å²) in [6.07, 6.45) is 52.7. The molecule has 44 heteroatoms. The number of fused-ring (bicyclic) bond motifs is 12. The lowest BCUT2D eigenvalue weighted by atomic mass is 9.98. The number of carbonyl (C=O) groups excluding carboxylic acids is 6. The molecule has 0 aromatic heterocycles. The van der Waals surface area contributed by atoms with Gasteiger partial charge in [0.05, 0.1) is 78.9 Å². The molecule has 137 heavy (non-hydrogen) atoms. The second-order valence-corrected chi connectivity index (χ2v) is 48.5. The molecule has 8 N–H and O–H groups in total. The van der Waals surface area contributed by atoms with Crippen molar-refractivity contribution < 1.29 is 157 Å². The minimum atomic E-state index is -2.19. The van der Waals surface area contributed by atoms with Crippen LogP contribution in [0.5, 0.6) is 69.0 Å². The van der Waals surface area contributed by atoms with Crippen molar-refractivity contribution in [3.05, 3.63) is 66.8 Å². The van der Waals surface area contributed by atoms with Crippen LogP contribution in [0.15, 0.2) is 58.7 Å². The van der Waals surface area contributed by atoms with Gasteiger partial charge in [-0.25, -0.2) is 0 Å². The van der Waals surface area contributed by atoms with Crippen molar-refractivity contribution in [1.82, 2.24) is 0 Å². The molecule has 0 spiro atoms. The predicted octanol–water partition coefficient (Wildman–Crippen LogP) is 4.71. The third-order valence-corrected chi connectivity index (χ3v) is 39.0. The van der Waals surface area contributed by atoms with Gasteiger partial charge in [0, 0.05) is 167 Å². The van der Waals surface area contributed by atoms with Crippen molar-refractivity contribution in [2.75, 3.05) is 26.4 Å². The van der Waals surface area contributed by atoms with Crippen molar-refractivity contribution in [2.24, 2.45) is 0 Å². The fourth-order valence-corrected chi connectivity index (χ4v) is 33.0. The van der Waals surface area contributed by atoms with Crippen LogP contribution < -0.4 is 87.5 Å². The average molecular weight is 2070 g/mol. The maximum Gasteiger partial charge on any atom is 0.385 e. The molecule has 0 saturated carbocycles. The number of thioether (sulfide) groups is 12. The first-order valence-corrected chi connectivity index (χ1v) is 48.5. The number of hydrogen-bond donors (Lipinski definition) is 8. The van der Waals surface area contributed by atoms with Gasteiger partial charge in [-0.1, -0.05) is 118 Å². The Kier molecular flexibility index (Phi) is 24.5. The maximum absolute atomic E-state index is 12.8. The van der Waals surface area contributed by atoms with Crippen LogP contribution in [-0.2, 0) is 19.3 Å². The largest absolute Gasteiger partial charge is 0.545 e. The molecule has 0 fully saturated rings. The lowest BCUT2D eigenvalue weighted by Gasteiger charge is -2.23. The van der Waals surface area contributed by atoms with Crippen LogP contribution in [0.4, 0.5) is 0 Å². The number of aliphatic hydroxyl groups excluding tert-OH is 8. The summed E-state index contributed by atoms with van der Waals surface area (Å²) in [5.74, 6) is 8.13. The zero-order chi connectivity index (χ0) is 99.5. The van der Waals surface area contributed by atoms with Crippen molar-refractivity contribution in [3.63, 3.8) is 0 Å². The van der Waals surface area contributed by atoms with Gasteiger partial charge in [-0.05, 0) is 64.1 Å². The lowest BCUT2D eigenvalue weighted by molar-refractivity contribution is -0.256. The first-order valence-electron chi connectivity index (χ1n) is 38.8. The monoisotopic (exact) mass is 2070 g/mol. The smallest absolute Gasteiger partial charge is 0.385 e. The molecule has 18 rings (SSSR count). The quantitative estimate of drug-likeness (QED) is 0.0608. The predicted molar refractivity (Wildman–Crippen MR) is 487 cm³/mol. The molecule has 12 heterocycles. The van der Waals surface area contributed by atoms with E-state index in [1.54, 1.807) is 79.8 Å². The topological polar surface area (TPSA) is 513 Å². The van der Waals surface area contributed by atoms with Crippen LogP contribution in [0.1, 0.15) is 151 Å². The van der Waals surface area contributed by atoms with Gasteiger partial charge in [-0.15, -0.1) is 98.4 Å². The Balaban J connectivity index is 0.000000149. The summed E-state index contributed by atoms with van der Waals surface area (Å²) in [5.41, 5.74) is -0.109. The van der Waals surface area contributed by atoms with E-state index in [4.69, 9.17) is 108 Å². The molecule has 0 saturated heterocycles. The Bertz CT molecular complexity index is 6640. The van der Waals surface area contributed by atoms with E-state index in [0.717, 1.165) is 141 Å². The fraction of sp³-hybridized carbons (Fsp3) is 0.290. The Labute approximate surface area is 828 Å². The average Bonchev–Trinajstić information content (AvgIpc) is 1.56. The minimum absolute atomic E-state index is 0.0140. The third-order valence-electron chi connectivity index (χ3n) is 21.0. The number of hydrogen-bond acceptors (Lipinski definition) is 44. The van der Waals surface area contributed by atoms with E-state index in [0.29, 0.717) is 51.6 Å². The van der Waals surface area contributed by atoms with Gasteiger partial charge < -0.3 is 157 Å². The zero-order valence-electron chi connectivity index (χ0n) is 70.8. The minimum Gasteiger partial charge on any atom is -0.545 e. The Morgan fingerprint density at radius 1 is 0.248 bits per heavy atom. The van der Waals surface area contributed by atoms with Gasteiger partial charge in [0.1, 0.15) is 32.6 Å². The molecule has 12 aliphatic heterocycles. The number of carbonyl (C=O) groups is 6. The van der Waals surface area contributed by atoms with Crippen LogP contribution in [0.3, 0.4) is 0 Å². The fourth-order valence-electron chi connectivity index (χ4n) is 15.6. The van der Waals surface area contributed by atoms with E-state index >= 15 is 0 Å². The molecule has 32 nitrogen and oxygen atoms in total. The van der Waals surface area contributed by atoms with Crippen LogP contribution in [0.2, 0.25) is 0 Å². The molecule has 0 bridgehead atoms. The summed E-state index contributed by atoms with van der Waals surface area (Å²) in [4.78, 5) is 78.7. The van der Waals surface area contributed by atoms with E-state index in [1.807, 2.05) is 0 Å². The molecule has 0 atom stereocenters. The second kappa shape index (κ2) is 34.4. The standard InChI is InChI=1S/C35H12O8S4.C31H20O12S4.C27H28O12S4/c1-9-32(10-2)40-22-18(23-25(20(30(36)37)24(22)42-32)43-33(11-3,12-4)41-23)17-19-26-28(46-34(13-5,14-6)44-26)21(31(38)39)29-27(19)45-35(15-7,16-8)47-29;1-28(2)40-18-14(19-21(43-29(3,4)41-19)16(26(36)37)20(18)42-28)13-15-22-24(46-30(44-22,5-9-32)6-10-33)17(27(38)39)25-23(15)45-31(47-25,7-11-34)8-12-35;1-24(2)36-14-10(15-17(39-25(3,4)37-15)12(22(32)33)16(14)38-24)5-11-18-20(42-26(6-28,7-29)40-18)13(23(34)35)21-19(11)41-27(8-30,9-31)43-21/h1-8H,17H2,(H,36,37)(H,38,39);32-35H,13H2,1-4H3,(H,36,37)(H,38,39);28-31H,5-9H2,1-4H3,(H,32,33)(H,34,35)/p-6. The van der Waals surface area contributed by atoms with E-state index in [9.17, 15) is 100 Å². The number of benzene rings is 6. The summed E-state index contributed by atoms with van der Waals surface area (Å²) in [7, 11) is 0. The van der Waals surface area contributed by atoms with Crippen molar-refractivity contribution in [1.29, 1.82) is 0 Å². The third kappa shape index (κ3) is 15.9. The molecular weight excluding hydrogens is 2010 g/mol. The van der Waals surface area contributed by atoms with Gasteiger partial charge in [0.15, 0.2) is 85.3 Å². The molecule has 6 aromatic rings. The zero-order valence-corrected chi connectivity index (χ0v) is 80.6. The van der Waals surface area contributed by atoms with Crippen LogP contribution >= 0.6 is 141 Å². The van der Waals surface area contributed by atoms with E-state index in [1.165, 1.54) is 0 Å². The van der Waals surface area contributed by atoms with Crippen molar-refractivity contribution >= 4 is 177 Å². The first kappa shape index (κ1) is 97.8. The molecule has 6 aromatic carbocycles. The number of terminal acetylenes is 8. The Hall–Kier alpha value is -12.3. The van der Waals surface area contributed by atoms with Crippen LogP contribution in [-0.4, -0.2) is 162 Å². The Morgan fingerprint density at radius 2 is 0.423 bits per heavy atom. The molecule has 0 unspecified atom stereocenters. The number of carboxylic acid groups (broad SMARTS) is 6. The summed E-state index contributed by atoms with van der Waals surface area (Å²) in [5, 5.41) is 154. The van der Waals surface area contributed by atoms with Crippen LogP contribution in [0, 0.1) is 147 Å². The molecule has 0 radical (unpaired) electrons. The van der Waals surface area contributed by atoms with Gasteiger partial charge in [0.25, 0.3) is 0 Å². The SMILES string of the molecule is C#CC1(C#C)Oc2c(Cc3c4c(c(C(=O)[O-])c5c3SC(C#C)(C#C)S5)SC(C#C)(C#C)S4)c3c(c(C(=O)[O-])c2O1)OC(C#C)(C#C)O3.CC1(C)Oc2c(Cc3c4c(c(C(=O)[O-])c5c3SC(C#CO)(C#CO)S5)SC(C#CO)(C#CO)S4)c3c(c(C(=O)[O-])c2O1)OC(C)(C)O3.CC1(C)Oc2c(Cc3c4c(c(C(=O)[O-])c5c3SC(CO)(CO)S5)SC(CO)(CO)S4)c3c(c(C(=O)[O-])c2O1)OC(C)(C)O3. The number of aliphatic hydroxyl groups is 8. The summed E-state index contributed by atoms with van der Waals surface area (Å²) in [6, 6.07) is 0. The first-order chi connectivity index (χ1) is 64.6. The van der Waals surface area contributed by atoms with Crippen molar-refractivity contribution in [3.8, 4) is 216 Å². The normalized spacial score (nSPS) is 19.1. The van der Waals surface area contributed by atoms with Gasteiger partial charge in [-0.3, -0.25) is 0 Å². The summed E-state index contributed by atoms with van der Waals surface area (Å²) in [6.45, 7) is 10.7. The Morgan fingerprint density at radius 3 is 0.635 bits per heavy atom. The number of carboxylic acids is 6. The van der Waals surface area contributed by atoms with E-state index in [-0.39, 0.29) is 140 Å². The number of aromatic carboxylic acids is 6. The van der Waals surface area contributed by atoms with Crippen molar-refractivity contribution in [2.45, 2.75) is 193 Å². The molecule has 0 amide bonds. The van der Waals surface area contributed by atoms with Gasteiger partial charge >= 0.3 is 11.6 Å². The van der Waals surface area contributed by atoms with E-state index in [2.05, 4.69) is 71.0 Å². The second-order valence-electron chi connectivity index (χ2n) is 31.6. The lowest BCUT2D eigenvalue weighted by Crippen LogP contribution is -2.36. The molecule has 0 aliphatic carbocycles. The molecule has 696 valence electrons. The van der Waals surface area contributed by atoms with Gasteiger partial charge in [0.2, 0.25) is 23.1 Å². The number of ether oxygens (including phenoxy) is 12. The molecule has 12 aliphatic rings. The van der Waals surface area contributed by atoms with Gasteiger partial charge in [-0.2, -0.15) is 0 Å². The number of rotatable bonds is 16. The highest BCUT2D eigenvalue weighted by atomic mass is 32.2.